The van der Waals surface area contributed by atoms with Crippen LogP contribution in [-0.2, 0) is 0 Å². The van der Waals surface area contributed by atoms with Crippen molar-refractivity contribution < 1.29 is 18.0 Å². The van der Waals surface area contributed by atoms with E-state index in [0.29, 0.717) is 38.2 Å². The average Bonchev–Trinajstić information content (AvgIpc) is 2.46. The SMILES string of the molecule is O=C(NCC1CCN(CC(F)(F)F)CC1)Nc1ccccc1. The summed E-state index contributed by atoms with van der Waals surface area (Å²) in [6.07, 6.45) is -2.80. The van der Waals surface area contributed by atoms with Crippen molar-refractivity contribution in [1.29, 1.82) is 0 Å². The van der Waals surface area contributed by atoms with Crippen molar-refractivity contribution in [3.8, 4) is 0 Å². The molecule has 1 fully saturated rings. The molecular formula is C15H20F3N3O. The summed E-state index contributed by atoms with van der Waals surface area (Å²) in [6.45, 7) is 0.485. The molecule has 0 aliphatic carbocycles. The molecule has 2 rings (SSSR count). The molecule has 4 nitrogen and oxygen atoms in total. The van der Waals surface area contributed by atoms with Gasteiger partial charge < -0.3 is 10.6 Å². The van der Waals surface area contributed by atoms with Gasteiger partial charge in [-0.3, -0.25) is 4.90 Å². The molecule has 7 heteroatoms. The van der Waals surface area contributed by atoms with E-state index < -0.39 is 12.7 Å². The summed E-state index contributed by atoms with van der Waals surface area (Å²) in [6, 6.07) is 8.80. The monoisotopic (exact) mass is 315 g/mol. The lowest BCUT2D eigenvalue weighted by atomic mass is 9.97. The largest absolute Gasteiger partial charge is 0.401 e. The van der Waals surface area contributed by atoms with E-state index >= 15 is 0 Å². The number of carbonyl (C=O) groups excluding carboxylic acids is 1. The molecule has 1 saturated heterocycles. The average molecular weight is 315 g/mol. The van der Waals surface area contributed by atoms with Crippen LogP contribution in [0.1, 0.15) is 12.8 Å². The number of likely N-dealkylation sites (tertiary alicyclic amines) is 1. The molecule has 0 saturated carbocycles. The zero-order chi connectivity index (χ0) is 16.0. The zero-order valence-electron chi connectivity index (χ0n) is 12.2. The highest BCUT2D eigenvalue weighted by molar-refractivity contribution is 5.89. The van der Waals surface area contributed by atoms with E-state index in [1.807, 2.05) is 18.2 Å². The maximum atomic E-state index is 12.3. The van der Waals surface area contributed by atoms with Crippen molar-refractivity contribution in [3.63, 3.8) is 0 Å². The Labute approximate surface area is 127 Å². The van der Waals surface area contributed by atoms with Gasteiger partial charge in [0.25, 0.3) is 0 Å². The van der Waals surface area contributed by atoms with Crippen molar-refractivity contribution in [1.82, 2.24) is 10.2 Å². The number of hydrogen-bond donors (Lipinski definition) is 2. The first kappa shape index (κ1) is 16.6. The third-order valence-corrected chi connectivity index (χ3v) is 3.69. The minimum absolute atomic E-state index is 0.228. The molecule has 2 N–H and O–H groups in total. The number of rotatable bonds is 4. The summed E-state index contributed by atoms with van der Waals surface area (Å²) < 4.78 is 36.9. The molecule has 122 valence electrons. The molecule has 22 heavy (non-hydrogen) atoms. The lowest BCUT2D eigenvalue weighted by Gasteiger charge is -2.32. The normalized spacial score (nSPS) is 17.2. The van der Waals surface area contributed by atoms with Crippen LogP contribution in [0.25, 0.3) is 0 Å². The van der Waals surface area contributed by atoms with Crippen LogP contribution in [0.3, 0.4) is 0 Å². The van der Waals surface area contributed by atoms with Crippen molar-refractivity contribution >= 4 is 11.7 Å². The molecule has 2 amide bonds. The van der Waals surface area contributed by atoms with Gasteiger partial charge in [0, 0.05) is 12.2 Å². The van der Waals surface area contributed by atoms with Crippen LogP contribution in [-0.4, -0.2) is 43.3 Å². The maximum Gasteiger partial charge on any atom is 0.401 e. The fourth-order valence-corrected chi connectivity index (χ4v) is 2.54. The number of nitrogens with one attached hydrogen (secondary N) is 2. The molecule has 1 heterocycles. The van der Waals surface area contributed by atoms with Crippen LogP contribution < -0.4 is 10.6 Å². The fourth-order valence-electron chi connectivity index (χ4n) is 2.54. The number of carbonyl (C=O) groups is 1. The van der Waals surface area contributed by atoms with E-state index in [1.165, 1.54) is 4.90 Å². The van der Waals surface area contributed by atoms with E-state index in [0.717, 1.165) is 0 Å². The fraction of sp³-hybridized carbons (Fsp3) is 0.533. The molecule has 0 radical (unpaired) electrons. The lowest BCUT2D eigenvalue weighted by Crippen LogP contribution is -2.43. The molecule has 0 unspecified atom stereocenters. The first-order valence-corrected chi connectivity index (χ1v) is 7.31. The van der Waals surface area contributed by atoms with Gasteiger partial charge in [0.15, 0.2) is 0 Å². The third-order valence-electron chi connectivity index (χ3n) is 3.69. The van der Waals surface area contributed by atoms with Gasteiger partial charge in [-0.15, -0.1) is 0 Å². The van der Waals surface area contributed by atoms with E-state index in [1.54, 1.807) is 12.1 Å². The van der Waals surface area contributed by atoms with Gasteiger partial charge in [0.2, 0.25) is 0 Å². The number of nitrogens with zero attached hydrogens (tertiary/aromatic N) is 1. The Morgan fingerprint density at radius 2 is 1.82 bits per heavy atom. The van der Waals surface area contributed by atoms with Gasteiger partial charge in [-0.2, -0.15) is 13.2 Å². The first-order chi connectivity index (χ1) is 10.4. The van der Waals surface area contributed by atoms with E-state index in [2.05, 4.69) is 10.6 Å². The lowest BCUT2D eigenvalue weighted by molar-refractivity contribution is -0.148. The molecule has 0 atom stereocenters. The zero-order valence-corrected chi connectivity index (χ0v) is 12.2. The molecule has 1 aliphatic heterocycles. The van der Waals surface area contributed by atoms with Gasteiger partial charge in [-0.05, 0) is 44.0 Å². The Balaban J connectivity index is 1.65. The van der Waals surface area contributed by atoms with Crippen LogP contribution in [0.15, 0.2) is 30.3 Å². The molecule has 0 bridgehead atoms. The van der Waals surface area contributed by atoms with Crippen LogP contribution >= 0.6 is 0 Å². The molecule has 1 aromatic carbocycles. The highest BCUT2D eigenvalue weighted by Gasteiger charge is 2.32. The molecule has 1 aliphatic rings. The van der Waals surface area contributed by atoms with Gasteiger partial charge >= 0.3 is 12.2 Å². The van der Waals surface area contributed by atoms with Gasteiger partial charge in [-0.1, -0.05) is 18.2 Å². The quantitative estimate of drug-likeness (QED) is 0.897. The summed E-state index contributed by atoms with van der Waals surface area (Å²) in [4.78, 5) is 13.1. The van der Waals surface area contributed by atoms with Crippen LogP contribution in [0, 0.1) is 5.92 Å². The van der Waals surface area contributed by atoms with Crippen LogP contribution in [0.4, 0.5) is 23.7 Å². The highest BCUT2D eigenvalue weighted by atomic mass is 19.4. The van der Waals surface area contributed by atoms with Crippen molar-refractivity contribution in [3.05, 3.63) is 30.3 Å². The number of para-hydroxylation sites is 1. The van der Waals surface area contributed by atoms with E-state index in [4.69, 9.17) is 0 Å². The Bertz CT molecular complexity index is 471. The smallest absolute Gasteiger partial charge is 0.338 e. The predicted octanol–water partition coefficient (Wildman–Crippen LogP) is 3.08. The van der Waals surface area contributed by atoms with Crippen LogP contribution in [0.2, 0.25) is 0 Å². The standard InChI is InChI=1S/C15H20F3N3O/c16-15(17,18)11-21-8-6-12(7-9-21)10-19-14(22)20-13-4-2-1-3-5-13/h1-5,12H,6-11H2,(H2,19,20,22). The summed E-state index contributed by atoms with van der Waals surface area (Å²) in [5, 5.41) is 5.49. The highest BCUT2D eigenvalue weighted by Crippen LogP contribution is 2.22. The van der Waals surface area contributed by atoms with Gasteiger partial charge in [-0.25, -0.2) is 4.79 Å². The third kappa shape index (κ3) is 5.93. The maximum absolute atomic E-state index is 12.3. The second-order valence-corrected chi connectivity index (χ2v) is 5.54. The van der Waals surface area contributed by atoms with Gasteiger partial charge in [0.05, 0.1) is 6.54 Å². The predicted molar refractivity (Wildman–Crippen MR) is 78.7 cm³/mol. The first-order valence-electron chi connectivity index (χ1n) is 7.31. The minimum Gasteiger partial charge on any atom is -0.338 e. The Hall–Kier alpha value is -1.76. The second-order valence-electron chi connectivity index (χ2n) is 5.54. The van der Waals surface area contributed by atoms with E-state index in [-0.39, 0.29) is 11.9 Å². The number of benzene rings is 1. The second kappa shape index (κ2) is 7.49. The summed E-state index contributed by atoms with van der Waals surface area (Å²) in [7, 11) is 0. The Morgan fingerprint density at radius 3 is 2.41 bits per heavy atom. The summed E-state index contributed by atoms with van der Waals surface area (Å²) in [5.74, 6) is 0.228. The Kier molecular flexibility index (Phi) is 5.65. The number of piperidine rings is 1. The number of halogens is 3. The summed E-state index contributed by atoms with van der Waals surface area (Å²) in [5.41, 5.74) is 0.708. The van der Waals surface area contributed by atoms with Crippen molar-refractivity contribution in [2.75, 3.05) is 31.5 Å². The summed E-state index contributed by atoms with van der Waals surface area (Å²) >= 11 is 0. The topological polar surface area (TPSA) is 44.4 Å². The Morgan fingerprint density at radius 1 is 1.18 bits per heavy atom. The van der Waals surface area contributed by atoms with Crippen molar-refractivity contribution in [2.45, 2.75) is 19.0 Å². The molecule has 0 aromatic heterocycles. The number of hydrogen-bond acceptors (Lipinski definition) is 2. The van der Waals surface area contributed by atoms with Crippen molar-refractivity contribution in [2.24, 2.45) is 5.92 Å². The number of urea groups is 1. The molecular weight excluding hydrogens is 295 g/mol. The minimum atomic E-state index is -4.14. The van der Waals surface area contributed by atoms with Crippen LogP contribution in [0.5, 0.6) is 0 Å². The number of amides is 2. The molecule has 1 aromatic rings. The number of anilines is 1. The van der Waals surface area contributed by atoms with E-state index in [9.17, 15) is 18.0 Å². The van der Waals surface area contributed by atoms with Gasteiger partial charge in [0.1, 0.15) is 0 Å². The molecule has 0 spiro atoms. The number of alkyl halides is 3.